The van der Waals surface area contributed by atoms with E-state index in [9.17, 15) is 9.70 Å². The van der Waals surface area contributed by atoms with Crippen molar-refractivity contribution in [3.63, 3.8) is 0 Å². The first-order valence-electron chi connectivity index (χ1n) is 2.83. The zero-order chi connectivity index (χ0) is 8.97. The van der Waals surface area contributed by atoms with Gasteiger partial charge in [-0.15, -0.1) is 4.91 Å². The molecule has 0 saturated heterocycles. The van der Waals surface area contributed by atoms with E-state index < -0.39 is 11.9 Å². The first-order valence-corrected chi connectivity index (χ1v) is 2.83. The largest absolute Gasteiger partial charge is 0.289 e. The zero-order valence-electron chi connectivity index (χ0n) is 5.67. The number of rotatable bonds is 3. The van der Waals surface area contributed by atoms with Crippen LogP contribution in [0.4, 0.5) is 0 Å². The Morgan fingerprint density at radius 3 is 3.00 bits per heavy atom. The molecular weight excluding hydrogens is 168 g/mol. The lowest BCUT2D eigenvalue weighted by Crippen LogP contribution is -2.25. The number of nitrogens with one attached hydrogen (secondary N) is 1. The van der Waals surface area contributed by atoms with Crippen molar-refractivity contribution in [2.24, 2.45) is 5.18 Å². The quantitative estimate of drug-likeness (QED) is 0.356. The van der Waals surface area contributed by atoms with Gasteiger partial charge in [-0.05, 0) is 5.18 Å². The number of hydrogen-bond acceptors (Lipinski definition) is 7. The van der Waals surface area contributed by atoms with E-state index in [0.717, 1.165) is 6.20 Å². The maximum atomic E-state index is 10.7. The average molecular weight is 172 g/mol. The van der Waals surface area contributed by atoms with Crippen molar-refractivity contribution in [2.75, 3.05) is 0 Å². The second kappa shape index (κ2) is 3.53. The van der Waals surface area contributed by atoms with Gasteiger partial charge in [-0.1, -0.05) is 10.3 Å². The number of carbonyl (C=O) groups excluding carboxylic acids is 1. The summed E-state index contributed by atoms with van der Waals surface area (Å²) in [4.78, 5) is 20.7. The van der Waals surface area contributed by atoms with Gasteiger partial charge in [0.1, 0.15) is 5.69 Å². The molecule has 0 aliphatic heterocycles. The molecule has 2 N–H and O–H groups in total. The minimum atomic E-state index is -1.43. The Balaban J connectivity index is 2.83. The van der Waals surface area contributed by atoms with Gasteiger partial charge in [0.05, 0.1) is 6.20 Å². The van der Waals surface area contributed by atoms with E-state index in [2.05, 4.69) is 20.1 Å². The van der Waals surface area contributed by atoms with E-state index in [0.29, 0.717) is 0 Å². The maximum absolute atomic E-state index is 10.7. The summed E-state index contributed by atoms with van der Waals surface area (Å²) >= 11 is 0. The molecule has 0 fully saturated rings. The molecule has 1 atom stereocenters. The minimum absolute atomic E-state index is 0.0587. The predicted molar refractivity (Wildman–Crippen MR) is 32.8 cm³/mol. The molecule has 0 aliphatic rings. The molecule has 1 amide bonds. The van der Waals surface area contributed by atoms with Crippen LogP contribution in [0.25, 0.3) is 0 Å². The van der Waals surface area contributed by atoms with Crippen LogP contribution in [0.2, 0.25) is 0 Å². The van der Waals surface area contributed by atoms with Crippen LogP contribution in [-0.4, -0.2) is 21.4 Å². The van der Waals surface area contributed by atoms with Crippen LogP contribution >= 0.6 is 0 Å². The lowest BCUT2D eigenvalue weighted by atomic mass is 10.2. The van der Waals surface area contributed by atoms with Gasteiger partial charge in [0, 0.05) is 0 Å². The fourth-order valence-corrected chi connectivity index (χ4v) is 0.590. The van der Waals surface area contributed by atoms with Crippen LogP contribution < -0.4 is 5.48 Å². The van der Waals surface area contributed by atoms with E-state index in [1.165, 1.54) is 5.48 Å². The molecule has 0 saturated carbocycles. The van der Waals surface area contributed by atoms with Crippen LogP contribution in [0.1, 0.15) is 11.7 Å². The summed E-state index contributed by atoms with van der Waals surface area (Å²) in [5, 5.41) is 16.9. The van der Waals surface area contributed by atoms with Crippen LogP contribution in [0.3, 0.4) is 0 Å². The highest BCUT2D eigenvalue weighted by atomic mass is 16.6. The van der Waals surface area contributed by atoms with Gasteiger partial charge in [0.15, 0.2) is 0 Å². The predicted octanol–water partition coefficient (Wildman–Crippen LogP) is -0.618. The van der Waals surface area contributed by atoms with Gasteiger partial charge in [-0.3, -0.25) is 10.0 Å². The first kappa shape index (κ1) is 8.27. The number of hydrogen-bond donors (Lipinski definition) is 2. The summed E-state index contributed by atoms with van der Waals surface area (Å²) in [6.07, 6.45) is 1.06. The molecule has 64 valence electrons. The van der Waals surface area contributed by atoms with Crippen molar-refractivity contribution in [3.8, 4) is 0 Å². The lowest BCUT2D eigenvalue weighted by Gasteiger charge is -1.99. The third kappa shape index (κ3) is 1.42. The monoisotopic (exact) mass is 172 g/mol. The average Bonchev–Trinajstić information content (AvgIpc) is 2.58. The second-order valence-corrected chi connectivity index (χ2v) is 1.82. The first-order chi connectivity index (χ1) is 5.79. The summed E-state index contributed by atoms with van der Waals surface area (Å²) < 4.78 is 4.13. The Morgan fingerprint density at radius 2 is 2.58 bits per heavy atom. The number of amides is 1. The van der Waals surface area contributed by atoms with Gasteiger partial charge in [-0.2, -0.15) is 0 Å². The Hall–Kier alpha value is -1.83. The lowest BCUT2D eigenvalue weighted by molar-refractivity contribution is -0.130. The molecule has 8 nitrogen and oxygen atoms in total. The maximum Gasteiger partial charge on any atom is 0.278 e. The number of aromatic nitrogens is 2. The zero-order valence-corrected chi connectivity index (χ0v) is 5.67. The number of nitroso groups, excluding NO2 is 1. The van der Waals surface area contributed by atoms with E-state index in [1.54, 1.807) is 0 Å². The Morgan fingerprint density at radius 1 is 1.83 bits per heavy atom. The van der Waals surface area contributed by atoms with Crippen molar-refractivity contribution >= 4 is 5.91 Å². The number of carbonyl (C=O) groups is 1. The SMILES string of the molecule is O=NC(C(=O)NO)c1cnon1. The third-order valence-corrected chi connectivity index (χ3v) is 1.12. The van der Waals surface area contributed by atoms with E-state index in [1.807, 2.05) is 0 Å². The molecule has 12 heavy (non-hydrogen) atoms. The van der Waals surface area contributed by atoms with Crippen molar-refractivity contribution < 1.29 is 14.6 Å². The van der Waals surface area contributed by atoms with Gasteiger partial charge in [0.2, 0.25) is 6.04 Å². The fraction of sp³-hybridized carbons (Fsp3) is 0.250. The summed E-state index contributed by atoms with van der Waals surface area (Å²) in [5.74, 6) is -0.985. The summed E-state index contributed by atoms with van der Waals surface area (Å²) in [6.45, 7) is 0. The summed E-state index contributed by atoms with van der Waals surface area (Å²) in [6, 6.07) is -1.43. The second-order valence-electron chi connectivity index (χ2n) is 1.82. The smallest absolute Gasteiger partial charge is 0.278 e. The van der Waals surface area contributed by atoms with Gasteiger partial charge in [-0.25, -0.2) is 10.1 Å². The molecule has 1 heterocycles. The van der Waals surface area contributed by atoms with Crippen LogP contribution in [-0.2, 0) is 4.79 Å². The Bertz CT molecular complexity index is 271. The molecule has 1 aromatic rings. The topological polar surface area (TPSA) is 118 Å². The highest BCUT2D eigenvalue weighted by molar-refractivity contribution is 5.81. The van der Waals surface area contributed by atoms with Crippen LogP contribution in [0, 0.1) is 4.91 Å². The minimum Gasteiger partial charge on any atom is -0.289 e. The third-order valence-electron chi connectivity index (χ3n) is 1.12. The van der Waals surface area contributed by atoms with Crippen molar-refractivity contribution in [1.29, 1.82) is 0 Å². The van der Waals surface area contributed by atoms with E-state index >= 15 is 0 Å². The van der Waals surface area contributed by atoms with Gasteiger partial charge < -0.3 is 0 Å². The van der Waals surface area contributed by atoms with Crippen molar-refractivity contribution in [3.05, 3.63) is 16.8 Å². The summed E-state index contributed by atoms with van der Waals surface area (Å²) in [5.41, 5.74) is 1.20. The summed E-state index contributed by atoms with van der Waals surface area (Å²) in [7, 11) is 0. The molecule has 1 unspecified atom stereocenters. The van der Waals surface area contributed by atoms with Crippen LogP contribution in [0.5, 0.6) is 0 Å². The highest BCUT2D eigenvalue weighted by Crippen LogP contribution is 2.12. The molecule has 1 rings (SSSR count). The molecule has 0 aromatic carbocycles. The standard InChI is InChI=1S/C4H4N4O4/c9-4(7-11)3(6-10)2-1-5-12-8-2/h1,3,11H,(H,7,9). The molecule has 0 bridgehead atoms. The molecule has 0 radical (unpaired) electrons. The molecule has 1 aromatic heterocycles. The molecule has 0 spiro atoms. The van der Waals surface area contributed by atoms with E-state index in [4.69, 9.17) is 5.21 Å². The highest BCUT2D eigenvalue weighted by Gasteiger charge is 2.24. The molecule has 0 aliphatic carbocycles. The Labute approximate surface area is 65.5 Å². The van der Waals surface area contributed by atoms with Crippen molar-refractivity contribution in [1.82, 2.24) is 15.8 Å². The normalized spacial score (nSPS) is 12.1. The van der Waals surface area contributed by atoms with Crippen molar-refractivity contribution in [2.45, 2.75) is 6.04 Å². The number of hydroxylamine groups is 1. The van der Waals surface area contributed by atoms with Crippen LogP contribution in [0.15, 0.2) is 16.0 Å². The Kier molecular flexibility index (Phi) is 2.43. The van der Waals surface area contributed by atoms with Gasteiger partial charge >= 0.3 is 0 Å². The fourth-order valence-electron chi connectivity index (χ4n) is 0.590. The molecular formula is C4H4N4O4. The van der Waals surface area contributed by atoms with Gasteiger partial charge in [0.25, 0.3) is 5.91 Å². The van der Waals surface area contributed by atoms with E-state index in [-0.39, 0.29) is 5.69 Å². The molecule has 8 heteroatoms. The number of nitrogens with zero attached hydrogens (tertiary/aromatic N) is 3.